The lowest BCUT2D eigenvalue weighted by Gasteiger charge is -2.36. The Labute approximate surface area is 166 Å². The normalized spacial score (nSPS) is 21.5. The van der Waals surface area contributed by atoms with Gasteiger partial charge in [-0.05, 0) is 36.4 Å². The number of hydrogen-bond acceptors (Lipinski definition) is 5. The van der Waals surface area contributed by atoms with E-state index in [1.165, 1.54) is 43.4 Å². The fraction of sp³-hybridized carbons (Fsp3) is 0.391. The molecule has 0 radical (unpaired) electrons. The Morgan fingerprint density at radius 2 is 1.71 bits per heavy atom. The number of aromatic nitrogens is 2. The van der Waals surface area contributed by atoms with Crippen molar-refractivity contribution in [1.29, 1.82) is 0 Å². The first kappa shape index (κ1) is 17.6. The second-order valence-electron chi connectivity index (χ2n) is 8.03. The van der Waals surface area contributed by atoms with Crippen LogP contribution in [0, 0.1) is 0 Å². The Morgan fingerprint density at radius 3 is 2.57 bits per heavy atom. The summed E-state index contributed by atoms with van der Waals surface area (Å²) in [4.78, 5) is 16.9. The van der Waals surface area contributed by atoms with Crippen LogP contribution in [-0.4, -0.2) is 72.1 Å². The summed E-state index contributed by atoms with van der Waals surface area (Å²) in [6, 6.07) is 17.7. The lowest BCUT2D eigenvalue weighted by atomic mass is 10.1. The molecule has 2 aromatic carbocycles. The van der Waals surface area contributed by atoms with Crippen LogP contribution in [-0.2, 0) is 0 Å². The first-order valence-electron chi connectivity index (χ1n) is 10.3. The van der Waals surface area contributed by atoms with Crippen LogP contribution < -0.4 is 4.90 Å². The Kier molecular flexibility index (Phi) is 4.71. The fourth-order valence-electron chi connectivity index (χ4n) is 4.42. The van der Waals surface area contributed by atoms with Crippen molar-refractivity contribution in [2.75, 3.05) is 51.2 Å². The molecule has 0 amide bonds. The van der Waals surface area contributed by atoms with E-state index in [1.807, 2.05) is 12.3 Å². The zero-order valence-corrected chi connectivity index (χ0v) is 16.5. The molecule has 0 bridgehead atoms. The second kappa shape index (κ2) is 7.49. The largest absolute Gasteiger partial charge is 0.339 e. The molecular weight excluding hydrogens is 346 g/mol. The van der Waals surface area contributed by atoms with Crippen LogP contribution in [0.25, 0.3) is 22.0 Å². The van der Waals surface area contributed by atoms with E-state index < -0.39 is 0 Å². The quantitative estimate of drug-likeness (QED) is 0.705. The number of hydrogen-bond donors (Lipinski definition) is 0. The number of rotatable bonds is 3. The molecule has 1 aromatic heterocycles. The van der Waals surface area contributed by atoms with Crippen molar-refractivity contribution >= 4 is 16.7 Å². The highest BCUT2D eigenvalue weighted by molar-refractivity contribution is 5.86. The average molecular weight is 374 g/mol. The van der Waals surface area contributed by atoms with Crippen molar-refractivity contribution in [2.45, 2.75) is 12.5 Å². The Morgan fingerprint density at radius 1 is 0.893 bits per heavy atom. The van der Waals surface area contributed by atoms with Crippen LogP contribution in [0.3, 0.4) is 0 Å². The number of likely N-dealkylation sites (N-methyl/N-ethyl adjacent to an activating group) is 1. The van der Waals surface area contributed by atoms with Gasteiger partial charge in [-0.2, -0.15) is 0 Å². The van der Waals surface area contributed by atoms with Gasteiger partial charge in [0.15, 0.2) is 0 Å². The van der Waals surface area contributed by atoms with Gasteiger partial charge in [0.05, 0.1) is 5.69 Å². The monoisotopic (exact) mass is 373 g/mol. The summed E-state index contributed by atoms with van der Waals surface area (Å²) in [5, 5.41) is 2.51. The molecule has 3 heterocycles. The second-order valence-corrected chi connectivity index (χ2v) is 8.03. The molecule has 1 atom stereocenters. The van der Waals surface area contributed by atoms with Gasteiger partial charge >= 0.3 is 0 Å². The van der Waals surface area contributed by atoms with E-state index in [0.29, 0.717) is 6.04 Å². The minimum absolute atomic E-state index is 0.627. The van der Waals surface area contributed by atoms with Crippen molar-refractivity contribution in [2.24, 2.45) is 0 Å². The zero-order valence-electron chi connectivity index (χ0n) is 16.5. The Balaban J connectivity index is 1.34. The van der Waals surface area contributed by atoms with Crippen LogP contribution in [0.2, 0.25) is 0 Å². The number of nitrogens with zero attached hydrogens (tertiary/aromatic N) is 5. The van der Waals surface area contributed by atoms with Crippen molar-refractivity contribution in [3.63, 3.8) is 0 Å². The molecule has 3 aromatic rings. The summed E-state index contributed by atoms with van der Waals surface area (Å²) in [5.41, 5.74) is 2.15. The molecule has 2 fully saturated rings. The maximum Gasteiger partial charge on any atom is 0.225 e. The molecule has 5 heteroatoms. The van der Waals surface area contributed by atoms with Crippen LogP contribution in [0.15, 0.2) is 54.7 Å². The molecule has 2 aliphatic heterocycles. The van der Waals surface area contributed by atoms with Gasteiger partial charge in [-0.15, -0.1) is 0 Å². The summed E-state index contributed by atoms with van der Waals surface area (Å²) in [5.74, 6) is 0.863. The predicted molar refractivity (Wildman–Crippen MR) is 115 cm³/mol. The lowest BCUT2D eigenvalue weighted by molar-refractivity contribution is 0.120. The first-order valence-corrected chi connectivity index (χ1v) is 10.3. The highest BCUT2D eigenvalue weighted by atomic mass is 15.3. The molecule has 2 aliphatic rings. The number of fused-ring (bicyclic) bond motifs is 1. The van der Waals surface area contributed by atoms with E-state index in [4.69, 9.17) is 4.98 Å². The summed E-state index contributed by atoms with van der Waals surface area (Å²) >= 11 is 0. The molecule has 144 valence electrons. The standard InChI is InChI=1S/C23H27N5/c1-26-12-14-27(15-13-26)21-9-11-28(17-21)23-24-10-8-22(25-23)20-7-6-18-4-2-3-5-19(18)16-20/h2-8,10,16,21H,9,11-15,17H2,1H3/t21-/m1/s1. The van der Waals surface area contributed by atoms with Gasteiger partial charge in [0, 0.05) is 57.1 Å². The summed E-state index contributed by atoms with van der Waals surface area (Å²) in [7, 11) is 2.21. The molecule has 0 saturated carbocycles. The lowest BCUT2D eigenvalue weighted by Crippen LogP contribution is -2.49. The fourth-order valence-corrected chi connectivity index (χ4v) is 4.42. The van der Waals surface area contributed by atoms with Crippen LogP contribution in [0.1, 0.15) is 6.42 Å². The summed E-state index contributed by atoms with van der Waals surface area (Å²) < 4.78 is 0. The molecule has 5 nitrogen and oxygen atoms in total. The van der Waals surface area contributed by atoms with Gasteiger partial charge in [-0.1, -0.05) is 36.4 Å². The predicted octanol–water partition coefficient (Wildman–Crippen LogP) is 3.12. The van der Waals surface area contributed by atoms with Gasteiger partial charge in [-0.25, -0.2) is 9.97 Å². The van der Waals surface area contributed by atoms with Crippen LogP contribution in [0.4, 0.5) is 5.95 Å². The maximum atomic E-state index is 4.91. The first-order chi connectivity index (χ1) is 13.8. The van der Waals surface area contributed by atoms with Gasteiger partial charge in [-0.3, -0.25) is 4.90 Å². The molecule has 28 heavy (non-hydrogen) atoms. The van der Waals surface area contributed by atoms with E-state index in [1.54, 1.807) is 0 Å². The molecule has 0 unspecified atom stereocenters. The zero-order chi connectivity index (χ0) is 18.9. The average Bonchev–Trinajstić information content (AvgIpc) is 3.24. The smallest absolute Gasteiger partial charge is 0.225 e. The third-order valence-corrected chi connectivity index (χ3v) is 6.19. The third kappa shape index (κ3) is 3.48. The summed E-state index contributed by atoms with van der Waals surface area (Å²) in [6.07, 6.45) is 3.10. The van der Waals surface area contributed by atoms with Gasteiger partial charge in [0.2, 0.25) is 5.95 Å². The van der Waals surface area contributed by atoms with Crippen LogP contribution >= 0.6 is 0 Å². The van der Waals surface area contributed by atoms with Gasteiger partial charge in [0.25, 0.3) is 0 Å². The molecule has 2 saturated heterocycles. The third-order valence-electron chi connectivity index (χ3n) is 6.19. The highest BCUT2D eigenvalue weighted by Gasteiger charge is 2.30. The Bertz CT molecular complexity index is 964. The van der Waals surface area contributed by atoms with Gasteiger partial charge < -0.3 is 9.80 Å². The number of piperazine rings is 1. The van der Waals surface area contributed by atoms with Crippen molar-refractivity contribution in [3.8, 4) is 11.3 Å². The molecule has 5 rings (SSSR count). The maximum absolute atomic E-state index is 4.91. The van der Waals surface area contributed by atoms with E-state index >= 15 is 0 Å². The number of benzene rings is 2. The van der Waals surface area contributed by atoms with E-state index in [0.717, 1.165) is 30.3 Å². The van der Waals surface area contributed by atoms with Gasteiger partial charge in [0.1, 0.15) is 0 Å². The van der Waals surface area contributed by atoms with Crippen molar-refractivity contribution < 1.29 is 0 Å². The summed E-state index contributed by atoms with van der Waals surface area (Å²) in [6.45, 7) is 6.76. The minimum Gasteiger partial charge on any atom is -0.339 e. The molecule has 0 N–H and O–H groups in total. The highest BCUT2D eigenvalue weighted by Crippen LogP contribution is 2.26. The van der Waals surface area contributed by atoms with E-state index in [9.17, 15) is 0 Å². The van der Waals surface area contributed by atoms with E-state index in [2.05, 4.69) is 69.2 Å². The SMILES string of the molecule is CN1CCN([C@@H]2CCN(c3nccc(-c4ccc5ccccc5c4)n3)C2)CC1. The van der Waals surface area contributed by atoms with Crippen molar-refractivity contribution in [1.82, 2.24) is 19.8 Å². The minimum atomic E-state index is 0.627. The molecule has 0 spiro atoms. The van der Waals surface area contributed by atoms with Crippen molar-refractivity contribution in [3.05, 3.63) is 54.7 Å². The molecule has 0 aliphatic carbocycles. The topological polar surface area (TPSA) is 35.5 Å². The van der Waals surface area contributed by atoms with Crippen LogP contribution in [0.5, 0.6) is 0 Å². The van der Waals surface area contributed by atoms with E-state index in [-0.39, 0.29) is 0 Å². The number of anilines is 1. The molecular formula is C23H27N5. The Hall–Kier alpha value is -2.50.